The lowest BCUT2D eigenvalue weighted by atomic mass is 9.96. The van der Waals surface area contributed by atoms with Crippen LogP contribution in [0.3, 0.4) is 0 Å². The van der Waals surface area contributed by atoms with Crippen molar-refractivity contribution < 1.29 is 28.3 Å². The van der Waals surface area contributed by atoms with E-state index in [2.05, 4.69) is 9.98 Å². The average molecular weight is 472 g/mol. The van der Waals surface area contributed by atoms with Crippen molar-refractivity contribution >= 4 is 17.8 Å². The molecule has 1 unspecified atom stereocenters. The molecule has 0 saturated carbocycles. The topological polar surface area (TPSA) is 125 Å². The molecule has 0 bridgehead atoms. The maximum Gasteiger partial charge on any atom is 0.396 e. The third-order valence-electron chi connectivity index (χ3n) is 5.91. The van der Waals surface area contributed by atoms with Crippen molar-refractivity contribution in [1.82, 2.24) is 19.5 Å². The lowest BCUT2D eigenvalue weighted by molar-refractivity contribution is -0.152. The number of carbonyl (C=O) groups excluding carboxylic acids is 2. The Bertz CT molecular complexity index is 1220. The van der Waals surface area contributed by atoms with Crippen LogP contribution in [-0.2, 0) is 14.4 Å². The molecule has 1 aromatic heterocycles. The van der Waals surface area contributed by atoms with Crippen LogP contribution in [0.1, 0.15) is 61.1 Å². The Hall–Kier alpha value is -3.51. The van der Waals surface area contributed by atoms with E-state index in [-0.39, 0.29) is 35.8 Å². The van der Waals surface area contributed by atoms with Crippen molar-refractivity contribution in [2.24, 2.45) is 10.7 Å². The normalized spacial score (nSPS) is 21.5. The van der Waals surface area contributed by atoms with E-state index in [9.17, 15) is 14.0 Å². The van der Waals surface area contributed by atoms with Crippen molar-refractivity contribution in [2.75, 3.05) is 20.3 Å². The van der Waals surface area contributed by atoms with Crippen LogP contribution in [-0.4, -0.2) is 63.2 Å². The number of nitrogens with zero attached hydrogens (tertiary/aromatic N) is 5. The number of fused-ring (bicyclic) bond motifs is 5. The summed E-state index contributed by atoms with van der Waals surface area (Å²) in [6.07, 6.45) is 1.40. The van der Waals surface area contributed by atoms with Crippen molar-refractivity contribution in [3.8, 4) is 11.4 Å². The van der Waals surface area contributed by atoms with Crippen molar-refractivity contribution in [1.29, 1.82) is 0 Å². The van der Waals surface area contributed by atoms with Crippen LogP contribution >= 0.6 is 0 Å². The molecule has 11 nitrogen and oxygen atoms in total. The Morgan fingerprint density at radius 3 is 2.74 bits per heavy atom. The quantitative estimate of drug-likeness (QED) is 0.669. The van der Waals surface area contributed by atoms with Gasteiger partial charge in [0, 0.05) is 6.54 Å². The number of hydrogen-bond acceptors (Lipinski definition) is 9. The summed E-state index contributed by atoms with van der Waals surface area (Å²) in [7, 11) is 1.33. The highest BCUT2D eigenvalue weighted by molar-refractivity contribution is 6.33. The Morgan fingerprint density at radius 1 is 1.35 bits per heavy atom. The molecule has 4 heterocycles. The molecule has 3 aliphatic rings. The van der Waals surface area contributed by atoms with E-state index in [1.54, 1.807) is 36.6 Å². The molecule has 180 valence electrons. The first-order valence-electron chi connectivity index (χ1n) is 10.9. The highest BCUT2D eigenvalue weighted by atomic mass is 19.1. The monoisotopic (exact) mass is 472 g/mol. The van der Waals surface area contributed by atoms with E-state index in [1.165, 1.54) is 24.3 Å². The number of hydroxylamine groups is 2. The molecule has 2 N–H and O–H groups in total. The smallest absolute Gasteiger partial charge is 0.396 e. The van der Waals surface area contributed by atoms with E-state index in [4.69, 9.17) is 20.0 Å². The second-order valence-corrected chi connectivity index (χ2v) is 9.16. The van der Waals surface area contributed by atoms with E-state index in [1.807, 2.05) is 0 Å². The third-order valence-corrected chi connectivity index (χ3v) is 5.91. The number of aliphatic imine (C=N–C) groups is 1. The number of rotatable bonds is 4. The number of esters is 1. The first kappa shape index (κ1) is 22.3. The highest BCUT2D eigenvalue weighted by Crippen LogP contribution is 2.45. The minimum atomic E-state index is -0.829. The second kappa shape index (κ2) is 7.77. The summed E-state index contributed by atoms with van der Waals surface area (Å²) in [6, 6.07) is 2.46. The van der Waals surface area contributed by atoms with Crippen LogP contribution < -0.4 is 10.5 Å². The van der Waals surface area contributed by atoms with Crippen LogP contribution in [0.4, 0.5) is 4.39 Å². The number of nitrogens with two attached hydrogens (primary N) is 1. The summed E-state index contributed by atoms with van der Waals surface area (Å²) in [6.45, 7) is 5.65. The molecule has 0 spiro atoms. The fourth-order valence-electron chi connectivity index (χ4n) is 4.41. The standard InChI is InChI=1S/C22H25FN6O5/c1-22(2,3)33-21(31)19-26-18(29(9-24)34-19)15-16-13-7-8-27(13)20(30)14-12(28(16)10-25-15)6-5-11(23)17(14)32-4/h5-6,10,13,18H,7-9,24H2,1-4H3/t13-,18?/m0/s1. The molecule has 12 heteroatoms. The third kappa shape index (κ3) is 3.32. The van der Waals surface area contributed by atoms with Gasteiger partial charge in [-0.25, -0.2) is 19.2 Å². The van der Waals surface area contributed by atoms with Gasteiger partial charge in [-0.2, -0.15) is 0 Å². The number of amides is 1. The van der Waals surface area contributed by atoms with Gasteiger partial charge in [0.2, 0.25) is 0 Å². The van der Waals surface area contributed by atoms with Gasteiger partial charge in [-0.3, -0.25) is 9.36 Å². The van der Waals surface area contributed by atoms with Crippen LogP contribution in [0.2, 0.25) is 0 Å². The summed E-state index contributed by atoms with van der Waals surface area (Å²) < 4.78 is 26.8. The van der Waals surface area contributed by atoms with Gasteiger partial charge in [0.15, 0.2) is 17.7 Å². The summed E-state index contributed by atoms with van der Waals surface area (Å²) in [5.74, 6) is -2.01. The highest BCUT2D eigenvalue weighted by Gasteiger charge is 2.46. The maximum atomic E-state index is 14.5. The number of carbonyl (C=O) groups is 2. The second-order valence-electron chi connectivity index (χ2n) is 9.16. The molecule has 3 aliphatic heterocycles. The molecule has 1 amide bonds. The lowest BCUT2D eigenvalue weighted by Crippen LogP contribution is -2.45. The molecule has 34 heavy (non-hydrogen) atoms. The predicted octanol–water partition coefficient (Wildman–Crippen LogP) is 1.82. The van der Waals surface area contributed by atoms with Gasteiger partial charge in [0.25, 0.3) is 5.91 Å². The lowest BCUT2D eigenvalue weighted by Gasteiger charge is -2.40. The molecule has 1 saturated heterocycles. The number of ether oxygens (including phenoxy) is 2. The van der Waals surface area contributed by atoms with E-state index >= 15 is 0 Å². The largest absolute Gasteiger partial charge is 0.493 e. The maximum absolute atomic E-state index is 14.5. The van der Waals surface area contributed by atoms with Gasteiger partial charge < -0.3 is 24.9 Å². The number of hydrogen-bond donors (Lipinski definition) is 1. The van der Waals surface area contributed by atoms with Crippen molar-refractivity contribution in [3.63, 3.8) is 0 Å². The summed E-state index contributed by atoms with van der Waals surface area (Å²) in [4.78, 5) is 42.1. The van der Waals surface area contributed by atoms with Crippen LogP contribution in [0.15, 0.2) is 23.5 Å². The van der Waals surface area contributed by atoms with Crippen molar-refractivity contribution in [3.05, 3.63) is 41.2 Å². The molecular weight excluding hydrogens is 447 g/mol. The van der Waals surface area contributed by atoms with Crippen LogP contribution in [0, 0.1) is 5.82 Å². The molecule has 5 rings (SSSR count). The SMILES string of the molecule is COc1c(F)ccc2c1C(=O)N1CC[C@H]1c1c(C3N=C(C(=O)OC(C)(C)C)ON3CN)ncn1-2. The van der Waals surface area contributed by atoms with Crippen molar-refractivity contribution in [2.45, 2.75) is 45.0 Å². The van der Waals surface area contributed by atoms with E-state index in [0.29, 0.717) is 30.0 Å². The Morgan fingerprint density at radius 2 is 2.12 bits per heavy atom. The molecule has 0 aliphatic carbocycles. The predicted molar refractivity (Wildman–Crippen MR) is 116 cm³/mol. The molecule has 2 atom stereocenters. The zero-order valence-electron chi connectivity index (χ0n) is 19.2. The number of benzene rings is 1. The van der Waals surface area contributed by atoms with Crippen LogP contribution in [0.25, 0.3) is 5.69 Å². The Labute approximate surface area is 194 Å². The minimum Gasteiger partial charge on any atom is -0.493 e. The number of imidazole rings is 1. The van der Waals surface area contributed by atoms with Gasteiger partial charge >= 0.3 is 11.9 Å². The van der Waals surface area contributed by atoms with E-state index in [0.717, 1.165) is 0 Å². The summed E-state index contributed by atoms with van der Waals surface area (Å²) in [5.41, 5.74) is 6.88. The number of halogens is 1. The first-order chi connectivity index (χ1) is 16.1. The van der Waals surface area contributed by atoms with Gasteiger partial charge in [0.05, 0.1) is 37.5 Å². The Kier molecular flexibility index (Phi) is 5.10. The van der Waals surface area contributed by atoms with E-state index < -0.39 is 23.6 Å². The van der Waals surface area contributed by atoms with Crippen LogP contribution in [0.5, 0.6) is 5.75 Å². The molecule has 0 radical (unpaired) electrons. The molecule has 1 aromatic carbocycles. The molecule has 1 fully saturated rings. The molecule has 2 aromatic rings. The van der Waals surface area contributed by atoms with Gasteiger partial charge in [-0.1, -0.05) is 5.06 Å². The molecular formula is C22H25FN6O5. The number of aromatic nitrogens is 2. The first-order valence-corrected chi connectivity index (χ1v) is 10.9. The fourth-order valence-corrected chi connectivity index (χ4v) is 4.41. The zero-order chi connectivity index (χ0) is 24.4. The minimum absolute atomic E-state index is 0.0737. The summed E-state index contributed by atoms with van der Waals surface area (Å²) >= 11 is 0. The van der Waals surface area contributed by atoms with Gasteiger partial charge in [-0.15, -0.1) is 0 Å². The van der Waals surface area contributed by atoms with Gasteiger partial charge in [-0.05, 0) is 39.3 Å². The average Bonchev–Trinajstić information content (AvgIpc) is 3.34. The fraction of sp³-hybridized carbons (Fsp3) is 0.455. The Balaban J connectivity index is 1.62. The zero-order valence-corrected chi connectivity index (χ0v) is 19.2. The summed E-state index contributed by atoms with van der Waals surface area (Å²) in [5, 5.41) is 1.32. The number of methoxy groups -OCH3 is 1. The van der Waals surface area contributed by atoms with Gasteiger partial charge in [0.1, 0.15) is 16.9 Å².